The van der Waals surface area contributed by atoms with E-state index in [1.165, 1.54) is 6.07 Å². The fourth-order valence-corrected chi connectivity index (χ4v) is 4.51. The van der Waals surface area contributed by atoms with Crippen LogP contribution < -0.4 is 10.6 Å². The molecule has 1 aliphatic carbocycles. The van der Waals surface area contributed by atoms with Gasteiger partial charge in [0.25, 0.3) is 5.91 Å². The summed E-state index contributed by atoms with van der Waals surface area (Å²) in [6.07, 6.45) is -3.82. The summed E-state index contributed by atoms with van der Waals surface area (Å²) < 4.78 is 47.9. The molecule has 2 aliphatic rings. The molecule has 0 radical (unpaired) electrons. The molecule has 2 N–H and O–H groups in total. The Balaban J connectivity index is 1.93. The number of nitrogens with two attached hydrogens (primary N) is 1. The molecule has 1 aromatic carbocycles. The minimum Gasteiger partial charge on any atom is -0.379 e. The third-order valence-electron chi connectivity index (χ3n) is 6.15. The van der Waals surface area contributed by atoms with Crippen molar-refractivity contribution in [1.82, 2.24) is 9.78 Å². The van der Waals surface area contributed by atoms with E-state index in [1.54, 1.807) is 12.1 Å². The second kappa shape index (κ2) is 7.61. The Morgan fingerprint density at radius 2 is 2.03 bits per heavy atom. The van der Waals surface area contributed by atoms with Gasteiger partial charge in [-0.3, -0.25) is 9.59 Å². The highest BCUT2D eigenvalue weighted by atomic mass is 19.4. The number of rotatable bonds is 4. The Hall–Kier alpha value is -2.88. The average Bonchev–Trinajstić information content (AvgIpc) is 3.33. The summed E-state index contributed by atoms with van der Waals surface area (Å²) >= 11 is 0. The quantitative estimate of drug-likeness (QED) is 0.772. The number of aromatic nitrogens is 2. The number of hydrogen-bond acceptors (Lipinski definition) is 5. The van der Waals surface area contributed by atoms with Crippen LogP contribution in [0.2, 0.25) is 0 Å². The maximum atomic E-state index is 13.8. The predicted octanol–water partition coefficient (Wildman–Crippen LogP) is 3.37. The van der Waals surface area contributed by atoms with Gasteiger partial charge in [-0.25, -0.2) is 4.68 Å². The smallest absolute Gasteiger partial charge is 0.379 e. The minimum atomic E-state index is -4.81. The number of alkyl halides is 3. The van der Waals surface area contributed by atoms with E-state index in [9.17, 15) is 22.8 Å². The van der Waals surface area contributed by atoms with E-state index >= 15 is 0 Å². The van der Waals surface area contributed by atoms with Crippen molar-refractivity contribution < 1.29 is 27.5 Å². The number of amides is 1. The minimum absolute atomic E-state index is 0.0120. The number of nitrogens with zero attached hydrogens (tertiary/aromatic N) is 3. The SMILES string of the molecule is CN(c1ccc(C(N)=O)c(-n2nc(C(F)(F)F)c3c2CC(C)(C)CC3=O)c1)C1CCOC1. The van der Waals surface area contributed by atoms with Gasteiger partial charge in [-0.2, -0.15) is 18.3 Å². The molecule has 32 heavy (non-hydrogen) atoms. The molecule has 1 saturated heterocycles. The van der Waals surface area contributed by atoms with Crippen LogP contribution in [0.1, 0.15) is 58.8 Å². The highest BCUT2D eigenvalue weighted by molar-refractivity contribution is 6.01. The van der Waals surface area contributed by atoms with Gasteiger partial charge in [-0.1, -0.05) is 13.8 Å². The molecule has 1 fully saturated rings. The zero-order chi connectivity index (χ0) is 23.4. The van der Waals surface area contributed by atoms with Gasteiger partial charge >= 0.3 is 6.18 Å². The first-order chi connectivity index (χ1) is 14.9. The summed E-state index contributed by atoms with van der Waals surface area (Å²) in [6.45, 7) is 4.79. The molecule has 0 bridgehead atoms. The molecule has 2 aromatic rings. The van der Waals surface area contributed by atoms with Gasteiger partial charge in [0.15, 0.2) is 11.5 Å². The van der Waals surface area contributed by atoms with E-state index < -0.39 is 34.5 Å². The van der Waals surface area contributed by atoms with E-state index in [4.69, 9.17) is 10.5 Å². The summed E-state index contributed by atoms with van der Waals surface area (Å²) in [7, 11) is 1.86. The monoisotopic (exact) mass is 450 g/mol. The maximum absolute atomic E-state index is 13.8. The lowest BCUT2D eigenvalue weighted by Crippen LogP contribution is -2.32. The average molecular weight is 450 g/mol. The van der Waals surface area contributed by atoms with Crippen LogP contribution in [0, 0.1) is 5.41 Å². The molecule has 1 amide bonds. The predicted molar refractivity (Wildman–Crippen MR) is 111 cm³/mol. The highest BCUT2D eigenvalue weighted by Gasteiger charge is 2.45. The summed E-state index contributed by atoms with van der Waals surface area (Å²) in [6, 6.07) is 4.87. The standard InChI is InChI=1S/C22H25F3N4O3/c1-21(2)9-16-18(17(30)10-21)19(22(23,24)25)27-29(16)15-8-12(4-5-14(15)20(26)31)28(3)13-6-7-32-11-13/h4-5,8,13H,6-7,9-11H2,1-3H3,(H2,26,31). The largest absolute Gasteiger partial charge is 0.435 e. The lowest BCUT2D eigenvalue weighted by molar-refractivity contribution is -0.141. The third-order valence-corrected chi connectivity index (χ3v) is 6.15. The van der Waals surface area contributed by atoms with Gasteiger partial charge in [-0.05, 0) is 36.5 Å². The number of halogens is 3. The van der Waals surface area contributed by atoms with E-state index in [2.05, 4.69) is 5.10 Å². The number of likely N-dealkylation sites (N-methyl/N-ethyl adjacent to an activating group) is 1. The third kappa shape index (κ3) is 3.87. The van der Waals surface area contributed by atoms with Crippen LogP contribution in [-0.4, -0.2) is 47.8 Å². The number of carbonyl (C=O) groups excluding carboxylic acids is 2. The van der Waals surface area contributed by atoms with Crippen molar-refractivity contribution >= 4 is 17.4 Å². The van der Waals surface area contributed by atoms with Crippen molar-refractivity contribution in [3.63, 3.8) is 0 Å². The molecule has 0 saturated carbocycles. The van der Waals surface area contributed by atoms with Crippen molar-refractivity contribution in [2.24, 2.45) is 11.1 Å². The Kier molecular flexibility index (Phi) is 5.31. The maximum Gasteiger partial charge on any atom is 0.435 e. The van der Waals surface area contributed by atoms with E-state index in [-0.39, 0.29) is 35.8 Å². The normalized spacial score (nSPS) is 20.3. The number of Topliss-reactive ketones (excluding diaryl/α,β-unsaturated/α-hetero) is 1. The van der Waals surface area contributed by atoms with E-state index in [0.29, 0.717) is 18.9 Å². The molecule has 0 spiro atoms. The molecule has 172 valence electrons. The van der Waals surface area contributed by atoms with Gasteiger partial charge in [0.2, 0.25) is 0 Å². The van der Waals surface area contributed by atoms with Crippen LogP contribution in [0.5, 0.6) is 0 Å². The van der Waals surface area contributed by atoms with Crippen molar-refractivity contribution in [1.29, 1.82) is 0 Å². The molecule has 10 heteroatoms. The van der Waals surface area contributed by atoms with Gasteiger partial charge in [0.05, 0.1) is 35.2 Å². The number of hydrogen-bond donors (Lipinski definition) is 1. The highest BCUT2D eigenvalue weighted by Crippen LogP contribution is 2.42. The Morgan fingerprint density at radius 3 is 2.62 bits per heavy atom. The molecule has 1 aliphatic heterocycles. The molecular weight excluding hydrogens is 425 g/mol. The van der Waals surface area contributed by atoms with Crippen LogP contribution in [0.4, 0.5) is 18.9 Å². The Bertz CT molecular complexity index is 1080. The summed E-state index contributed by atoms with van der Waals surface area (Å²) in [4.78, 5) is 26.8. The molecule has 4 rings (SSSR count). The Labute approximate surface area is 183 Å². The molecule has 2 heterocycles. The second-order valence-corrected chi connectivity index (χ2v) is 9.21. The van der Waals surface area contributed by atoms with E-state index in [1.807, 2.05) is 25.8 Å². The van der Waals surface area contributed by atoms with Crippen LogP contribution in [0.25, 0.3) is 5.69 Å². The number of benzene rings is 1. The summed E-state index contributed by atoms with van der Waals surface area (Å²) in [5.41, 5.74) is 4.32. The lowest BCUT2D eigenvalue weighted by atomic mass is 9.75. The fourth-order valence-electron chi connectivity index (χ4n) is 4.51. The molecule has 1 unspecified atom stereocenters. The second-order valence-electron chi connectivity index (χ2n) is 9.21. The molecule has 1 aromatic heterocycles. The van der Waals surface area contributed by atoms with Crippen molar-refractivity contribution in [2.45, 2.75) is 45.3 Å². The van der Waals surface area contributed by atoms with Crippen LogP contribution in [0.3, 0.4) is 0 Å². The lowest BCUT2D eigenvalue weighted by Gasteiger charge is -2.30. The Morgan fingerprint density at radius 1 is 1.31 bits per heavy atom. The van der Waals surface area contributed by atoms with Gasteiger partial charge < -0.3 is 15.4 Å². The molecule has 7 nitrogen and oxygen atoms in total. The van der Waals surface area contributed by atoms with Crippen molar-refractivity contribution in [3.05, 3.63) is 40.7 Å². The first-order valence-electron chi connectivity index (χ1n) is 10.4. The van der Waals surface area contributed by atoms with Gasteiger partial charge in [-0.15, -0.1) is 0 Å². The topological polar surface area (TPSA) is 90.5 Å². The van der Waals surface area contributed by atoms with E-state index in [0.717, 1.165) is 11.1 Å². The van der Waals surface area contributed by atoms with Crippen LogP contribution >= 0.6 is 0 Å². The van der Waals surface area contributed by atoms with Crippen molar-refractivity contribution in [2.75, 3.05) is 25.2 Å². The number of carbonyl (C=O) groups is 2. The van der Waals surface area contributed by atoms with Gasteiger partial charge in [0.1, 0.15) is 0 Å². The number of anilines is 1. The molecular formula is C22H25F3N4O3. The zero-order valence-corrected chi connectivity index (χ0v) is 18.1. The summed E-state index contributed by atoms with van der Waals surface area (Å²) in [5.74, 6) is -1.40. The van der Waals surface area contributed by atoms with Crippen molar-refractivity contribution in [3.8, 4) is 5.69 Å². The first-order valence-corrected chi connectivity index (χ1v) is 10.4. The fraction of sp³-hybridized carbons (Fsp3) is 0.500. The van der Waals surface area contributed by atoms with Crippen LogP contribution in [0.15, 0.2) is 18.2 Å². The molecule has 1 atom stereocenters. The number of ether oxygens (including phenoxy) is 1. The summed E-state index contributed by atoms with van der Waals surface area (Å²) in [5, 5.41) is 3.81. The number of ketones is 1. The van der Waals surface area contributed by atoms with Crippen LogP contribution in [-0.2, 0) is 17.3 Å². The first kappa shape index (κ1) is 22.3. The van der Waals surface area contributed by atoms with Gasteiger partial charge in [0, 0.05) is 25.8 Å². The number of fused-ring (bicyclic) bond motifs is 1. The number of primary amides is 1. The zero-order valence-electron chi connectivity index (χ0n) is 18.1.